The number of nitrogens with zero attached hydrogens (tertiary/aromatic N) is 2. The number of halogens is 3. The molecule has 2 aromatic carbocycles. The molecule has 0 heterocycles. The average molecular weight is 374 g/mol. The van der Waals surface area contributed by atoms with Gasteiger partial charge in [0.1, 0.15) is 5.75 Å². The van der Waals surface area contributed by atoms with E-state index >= 15 is 0 Å². The van der Waals surface area contributed by atoms with Crippen LogP contribution in [0.1, 0.15) is 16.7 Å². The Morgan fingerprint density at radius 2 is 1.85 bits per heavy atom. The zero-order valence-electron chi connectivity index (χ0n) is 14.4. The molecule has 2 aromatic rings. The third-order valence-corrected chi connectivity index (χ3v) is 3.70. The lowest BCUT2D eigenvalue weighted by Crippen LogP contribution is -2.34. The van der Waals surface area contributed by atoms with E-state index in [0.717, 1.165) is 11.6 Å². The van der Waals surface area contributed by atoms with Gasteiger partial charge < -0.3 is 9.64 Å². The first-order chi connectivity index (χ1) is 12.8. The maximum Gasteiger partial charge on any atom is 0.419 e. The SMILES string of the molecule is C=CCN(Cc1ccc(C#N)cc1)C(=O)COc1ccccc1C(F)(F)F. The van der Waals surface area contributed by atoms with Gasteiger partial charge in [-0.1, -0.05) is 30.3 Å². The van der Waals surface area contributed by atoms with Crippen molar-refractivity contribution in [2.24, 2.45) is 0 Å². The monoisotopic (exact) mass is 374 g/mol. The minimum Gasteiger partial charge on any atom is -0.483 e. The Hall–Kier alpha value is -3.27. The van der Waals surface area contributed by atoms with E-state index in [1.807, 2.05) is 6.07 Å². The normalized spacial score (nSPS) is 10.7. The molecule has 0 bridgehead atoms. The highest BCUT2D eigenvalue weighted by Gasteiger charge is 2.34. The van der Waals surface area contributed by atoms with Crippen LogP contribution >= 0.6 is 0 Å². The molecule has 0 fully saturated rings. The second kappa shape index (κ2) is 8.90. The van der Waals surface area contributed by atoms with Crippen LogP contribution in [0.5, 0.6) is 5.75 Å². The van der Waals surface area contributed by atoms with Crippen LogP contribution in [-0.2, 0) is 17.5 Å². The van der Waals surface area contributed by atoms with Crippen molar-refractivity contribution >= 4 is 5.91 Å². The second-order valence-electron chi connectivity index (χ2n) is 5.65. The molecule has 0 atom stereocenters. The fourth-order valence-corrected chi connectivity index (χ4v) is 2.37. The fourth-order valence-electron chi connectivity index (χ4n) is 2.37. The highest BCUT2D eigenvalue weighted by Crippen LogP contribution is 2.35. The van der Waals surface area contributed by atoms with E-state index in [9.17, 15) is 18.0 Å². The summed E-state index contributed by atoms with van der Waals surface area (Å²) in [7, 11) is 0. The van der Waals surface area contributed by atoms with Gasteiger partial charge in [-0.3, -0.25) is 4.79 Å². The molecule has 27 heavy (non-hydrogen) atoms. The molecule has 0 spiro atoms. The topological polar surface area (TPSA) is 53.3 Å². The predicted molar refractivity (Wildman–Crippen MR) is 93.7 cm³/mol. The molecular formula is C20H17F3N2O2. The highest BCUT2D eigenvalue weighted by molar-refractivity contribution is 5.78. The Bertz CT molecular complexity index is 840. The second-order valence-corrected chi connectivity index (χ2v) is 5.65. The molecule has 0 aliphatic carbocycles. The summed E-state index contributed by atoms with van der Waals surface area (Å²) in [6.07, 6.45) is -3.05. The zero-order valence-corrected chi connectivity index (χ0v) is 14.4. The molecule has 0 unspecified atom stereocenters. The van der Waals surface area contributed by atoms with Gasteiger partial charge in [0.2, 0.25) is 0 Å². The molecule has 0 aliphatic heterocycles. The Labute approximate surface area is 155 Å². The van der Waals surface area contributed by atoms with E-state index in [0.29, 0.717) is 5.56 Å². The molecule has 0 saturated heterocycles. The van der Waals surface area contributed by atoms with Crippen molar-refractivity contribution in [2.45, 2.75) is 12.7 Å². The molecule has 0 aromatic heterocycles. The van der Waals surface area contributed by atoms with Crippen molar-refractivity contribution < 1.29 is 22.7 Å². The summed E-state index contributed by atoms with van der Waals surface area (Å²) in [5, 5.41) is 8.82. The minimum atomic E-state index is -4.57. The average Bonchev–Trinajstić information content (AvgIpc) is 2.66. The third kappa shape index (κ3) is 5.61. The maximum absolute atomic E-state index is 13.0. The van der Waals surface area contributed by atoms with E-state index in [2.05, 4.69) is 6.58 Å². The number of carbonyl (C=O) groups is 1. The summed E-state index contributed by atoms with van der Waals surface area (Å²) in [4.78, 5) is 13.8. The number of hydrogen-bond donors (Lipinski definition) is 0. The lowest BCUT2D eigenvalue weighted by Gasteiger charge is -2.22. The first kappa shape index (κ1) is 20.0. The van der Waals surface area contributed by atoms with Gasteiger partial charge in [0.25, 0.3) is 5.91 Å². The van der Waals surface area contributed by atoms with E-state index in [-0.39, 0.29) is 13.1 Å². The maximum atomic E-state index is 13.0. The van der Waals surface area contributed by atoms with E-state index < -0.39 is 30.0 Å². The molecule has 0 N–H and O–H groups in total. The van der Waals surface area contributed by atoms with Gasteiger partial charge in [0, 0.05) is 13.1 Å². The van der Waals surface area contributed by atoms with E-state index in [4.69, 9.17) is 10.00 Å². The van der Waals surface area contributed by atoms with Crippen LogP contribution in [0.25, 0.3) is 0 Å². The van der Waals surface area contributed by atoms with Crippen LogP contribution in [-0.4, -0.2) is 24.0 Å². The summed E-state index contributed by atoms with van der Waals surface area (Å²) in [6, 6.07) is 13.4. The Balaban J connectivity index is 2.07. The molecule has 0 aliphatic rings. The smallest absolute Gasteiger partial charge is 0.419 e. The Morgan fingerprint density at radius 1 is 1.19 bits per heavy atom. The van der Waals surface area contributed by atoms with Crippen LogP contribution in [0.4, 0.5) is 13.2 Å². The summed E-state index contributed by atoms with van der Waals surface area (Å²) >= 11 is 0. The summed E-state index contributed by atoms with van der Waals surface area (Å²) < 4.78 is 44.1. The van der Waals surface area contributed by atoms with Crippen molar-refractivity contribution in [2.75, 3.05) is 13.2 Å². The summed E-state index contributed by atoms with van der Waals surface area (Å²) in [5.41, 5.74) is 0.340. The Morgan fingerprint density at radius 3 is 2.44 bits per heavy atom. The fraction of sp³-hybridized carbons (Fsp3) is 0.200. The number of carbonyl (C=O) groups excluding carboxylic acids is 1. The number of benzene rings is 2. The van der Waals surface area contributed by atoms with E-state index in [1.54, 1.807) is 24.3 Å². The van der Waals surface area contributed by atoms with Crippen molar-refractivity contribution in [3.8, 4) is 11.8 Å². The number of rotatable bonds is 7. The van der Waals surface area contributed by atoms with Crippen LogP contribution in [0.15, 0.2) is 61.2 Å². The third-order valence-electron chi connectivity index (χ3n) is 3.70. The molecule has 0 saturated carbocycles. The number of nitriles is 1. The summed E-state index contributed by atoms with van der Waals surface area (Å²) in [6.45, 7) is 3.49. The molecule has 0 radical (unpaired) electrons. The van der Waals surface area contributed by atoms with E-state index in [1.165, 1.54) is 29.2 Å². The first-order valence-corrected chi connectivity index (χ1v) is 8.02. The Kier molecular flexibility index (Phi) is 6.61. The predicted octanol–water partition coefficient (Wildman–Crippen LogP) is 4.17. The molecule has 2 rings (SSSR count). The van der Waals surface area contributed by atoms with Crippen LogP contribution < -0.4 is 4.74 Å². The quantitative estimate of drug-likeness (QED) is 0.684. The van der Waals surface area contributed by atoms with Crippen LogP contribution in [0, 0.1) is 11.3 Å². The van der Waals surface area contributed by atoms with Gasteiger partial charge in [-0.2, -0.15) is 18.4 Å². The number of alkyl halides is 3. The van der Waals surface area contributed by atoms with Crippen LogP contribution in [0.2, 0.25) is 0 Å². The van der Waals surface area contributed by atoms with Gasteiger partial charge in [-0.05, 0) is 29.8 Å². The van der Waals surface area contributed by atoms with Gasteiger partial charge in [0.15, 0.2) is 6.61 Å². The van der Waals surface area contributed by atoms with Gasteiger partial charge >= 0.3 is 6.18 Å². The van der Waals surface area contributed by atoms with Crippen molar-refractivity contribution in [3.63, 3.8) is 0 Å². The molecule has 140 valence electrons. The molecule has 4 nitrogen and oxygen atoms in total. The standard InChI is InChI=1S/C20H17F3N2O2/c1-2-11-25(13-16-9-7-15(12-24)8-10-16)19(26)14-27-18-6-4-3-5-17(18)20(21,22)23/h2-10H,1,11,13-14H2. The first-order valence-electron chi connectivity index (χ1n) is 8.02. The largest absolute Gasteiger partial charge is 0.483 e. The van der Waals surface area contributed by atoms with Gasteiger partial charge in [-0.25, -0.2) is 0 Å². The molecular weight excluding hydrogens is 357 g/mol. The van der Waals surface area contributed by atoms with Crippen molar-refractivity contribution in [1.82, 2.24) is 4.90 Å². The van der Waals surface area contributed by atoms with Crippen molar-refractivity contribution in [1.29, 1.82) is 5.26 Å². The molecule has 1 amide bonds. The minimum absolute atomic E-state index is 0.211. The number of ether oxygens (including phenoxy) is 1. The number of para-hydroxylation sites is 1. The lowest BCUT2D eigenvalue weighted by atomic mass is 10.1. The molecule has 7 heteroatoms. The van der Waals surface area contributed by atoms with Crippen LogP contribution in [0.3, 0.4) is 0 Å². The van der Waals surface area contributed by atoms with Crippen molar-refractivity contribution in [3.05, 3.63) is 77.9 Å². The van der Waals surface area contributed by atoms with Gasteiger partial charge in [-0.15, -0.1) is 6.58 Å². The number of hydrogen-bond acceptors (Lipinski definition) is 3. The number of amides is 1. The highest BCUT2D eigenvalue weighted by atomic mass is 19.4. The zero-order chi connectivity index (χ0) is 19.9. The lowest BCUT2D eigenvalue weighted by molar-refractivity contribution is -0.141. The summed E-state index contributed by atoms with van der Waals surface area (Å²) in [5.74, 6) is -0.869. The van der Waals surface area contributed by atoms with Gasteiger partial charge in [0.05, 0.1) is 17.2 Å².